The number of azide groups is 1. The fourth-order valence-electron chi connectivity index (χ4n) is 1.07. The van der Waals surface area contributed by atoms with Crippen molar-refractivity contribution in [1.82, 2.24) is 0 Å². The van der Waals surface area contributed by atoms with E-state index >= 15 is 0 Å². The molecule has 0 saturated carbocycles. The van der Waals surface area contributed by atoms with Gasteiger partial charge in [0.2, 0.25) is 0 Å². The van der Waals surface area contributed by atoms with Crippen LogP contribution in [-0.2, 0) is 0 Å². The van der Waals surface area contributed by atoms with Crippen LogP contribution in [0.5, 0.6) is 0 Å². The van der Waals surface area contributed by atoms with E-state index in [1.54, 1.807) is 0 Å². The third kappa shape index (κ3) is 2.40. The second-order valence-corrected chi connectivity index (χ2v) is 2.60. The van der Waals surface area contributed by atoms with E-state index in [0.717, 1.165) is 12.3 Å². The highest BCUT2D eigenvalue weighted by Crippen LogP contribution is 2.35. The second kappa shape index (κ2) is 4.02. The monoisotopic (exact) mass is 201 g/mol. The molecule has 0 spiro atoms. The molecule has 1 aliphatic rings. The summed E-state index contributed by atoms with van der Waals surface area (Å²) in [6.45, 7) is 0. The molecule has 0 fully saturated rings. The number of allylic oxidation sites excluding steroid dienone is 5. The van der Waals surface area contributed by atoms with Gasteiger partial charge in [-0.15, -0.1) is 0 Å². The fourth-order valence-corrected chi connectivity index (χ4v) is 1.07. The summed E-state index contributed by atoms with van der Waals surface area (Å²) < 4.78 is 37.1. The van der Waals surface area contributed by atoms with E-state index in [1.807, 2.05) is 0 Å². The molecule has 0 aliphatic heterocycles. The van der Waals surface area contributed by atoms with Gasteiger partial charge < -0.3 is 0 Å². The van der Waals surface area contributed by atoms with Gasteiger partial charge in [0, 0.05) is 11.1 Å². The van der Waals surface area contributed by atoms with Gasteiger partial charge >= 0.3 is 6.18 Å². The zero-order valence-electron chi connectivity index (χ0n) is 6.94. The molecule has 1 rings (SSSR count). The summed E-state index contributed by atoms with van der Waals surface area (Å²) in [5, 5.41) is 2.99. The molecule has 0 radical (unpaired) electrons. The van der Waals surface area contributed by atoms with Crippen molar-refractivity contribution in [2.45, 2.75) is 6.18 Å². The molecule has 0 amide bonds. The van der Waals surface area contributed by atoms with Crippen LogP contribution in [0, 0.1) is 5.92 Å². The van der Waals surface area contributed by atoms with Crippen LogP contribution in [0.1, 0.15) is 0 Å². The molecule has 0 aromatic rings. The van der Waals surface area contributed by atoms with E-state index in [-0.39, 0.29) is 5.57 Å². The minimum Gasteiger partial charge on any atom is -0.170 e. The SMILES string of the molecule is [N-]=[N+]=NC=C1C=CC=CC1C(F)(F)F. The lowest BCUT2D eigenvalue weighted by molar-refractivity contribution is -0.150. The highest BCUT2D eigenvalue weighted by Gasteiger charge is 2.39. The molecule has 0 aromatic heterocycles. The van der Waals surface area contributed by atoms with Crippen LogP contribution in [-0.4, -0.2) is 6.18 Å². The van der Waals surface area contributed by atoms with Crippen molar-refractivity contribution in [2.75, 3.05) is 0 Å². The zero-order chi connectivity index (χ0) is 10.6. The molecule has 0 heterocycles. The van der Waals surface area contributed by atoms with Crippen LogP contribution < -0.4 is 0 Å². The Bertz CT molecular complexity index is 345. The highest BCUT2D eigenvalue weighted by atomic mass is 19.4. The normalized spacial score (nSPS) is 23.6. The molecule has 0 saturated heterocycles. The van der Waals surface area contributed by atoms with E-state index in [4.69, 9.17) is 5.53 Å². The Hall–Kier alpha value is -1.68. The van der Waals surface area contributed by atoms with Crippen molar-refractivity contribution in [3.05, 3.63) is 46.5 Å². The number of alkyl halides is 3. The van der Waals surface area contributed by atoms with Gasteiger partial charge in [-0.25, -0.2) is 0 Å². The van der Waals surface area contributed by atoms with Gasteiger partial charge in [0.05, 0.1) is 5.92 Å². The van der Waals surface area contributed by atoms with Gasteiger partial charge in [0.25, 0.3) is 0 Å². The molecule has 1 atom stereocenters. The number of nitrogens with zero attached hydrogens (tertiary/aromatic N) is 3. The Morgan fingerprint density at radius 2 is 2.14 bits per heavy atom. The number of hydrogen-bond acceptors (Lipinski definition) is 1. The van der Waals surface area contributed by atoms with Gasteiger partial charge in [-0.05, 0) is 11.1 Å². The van der Waals surface area contributed by atoms with Crippen LogP contribution in [0.4, 0.5) is 13.2 Å². The predicted octanol–water partition coefficient (Wildman–Crippen LogP) is 3.49. The molecule has 1 aliphatic carbocycles. The van der Waals surface area contributed by atoms with Crippen LogP contribution in [0.15, 0.2) is 41.2 Å². The van der Waals surface area contributed by atoms with Crippen molar-refractivity contribution >= 4 is 0 Å². The number of rotatable bonds is 1. The van der Waals surface area contributed by atoms with E-state index in [2.05, 4.69) is 10.0 Å². The third-order valence-corrected chi connectivity index (χ3v) is 1.67. The van der Waals surface area contributed by atoms with Crippen molar-refractivity contribution in [3.8, 4) is 0 Å². The topological polar surface area (TPSA) is 48.8 Å². The molecule has 0 aromatic carbocycles. The first kappa shape index (κ1) is 10.4. The third-order valence-electron chi connectivity index (χ3n) is 1.67. The Kier molecular flexibility index (Phi) is 2.99. The molecule has 3 nitrogen and oxygen atoms in total. The molecule has 74 valence electrons. The minimum atomic E-state index is -4.35. The summed E-state index contributed by atoms with van der Waals surface area (Å²) in [5.41, 5.74) is 7.92. The van der Waals surface area contributed by atoms with E-state index in [9.17, 15) is 13.2 Å². The van der Waals surface area contributed by atoms with Crippen molar-refractivity contribution in [1.29, 1.82) is 0 Å². The summed E-state index contributed by atoms with van der Waals surface area (Å²) in [5.74, 6) is -1.68. The predicted molar refractivity (Wildman–Crippen MR) is 45.1 cm³/mol. The van der Waals surface area contributed by atoms with E-state index in [1.165, 1.54) is 18.2 Å². The van der Waals surface area contributed by atoms with Crippen LogP contribution in [0.2, 0.25) is 0 Å². The quantitative estimate of drug-likeness (QED) is 0.354. The molecule has 1 unspecified atom stereocenters. The molecule has 14 heavy (non-hydrogen) atoms. The van der Waals surface area contributed by atoms with E-state index in [0.29, 0.717) is 0 Å². The minimum absolute atomic E-state index is 0.0576. The Morgan fingerprint density at radius 1 is 1.43 bits per heavy atom. The summed E-state index contributed by atoms with van der Waals surface area (Å²) >= 11 is 0. The first-order chi connectivity index (χ1) is 6.55. The Morgan fingerprint density at radius 3 is 2.71 bits per heavy atom. The number of halogens is 3. The molecule has 6 heteroatoms. The maximum atomic E-state index is 12.4. The lowest BCUT2D eigenvalue weighted by Crippen LogP contribution is -2.23. The fraction of sp³-hybridized carbons (Fsp3) is 0.250. The summed E-state index contributed by atoms with van der Waals surface area (Å²) in [7, 11) is 0. The smallest absolute Gasteiger partial charge is 0.170 e. The van der Waals surface area contributed by atoms with Crippen molar-refractivity contribution in [3.63, 3.8) is 0 Å². The lowest BCUT2D eigenvalue weighted by Gasteiger charge is -2.19. The molecule has 0 bridgehead atoms. The molecular weight excluding hydrogens is 195 g/mol. The summed E-state index contributed by atoms with van der Waals surface area (Å²) in [6.07, 6.45) is 1.58. The van der Waals surface area contributed by atoms with Gasteiger partial charge in [-0.1, -0.05) is 29.4 Å². The Balaban J connectivity index is 2.99. The van der Waals surface area contributed by atoms with E-state index < -0.39 is 12.1 Å². The largest absolute Gasteiger partial charge is 0.399 e. The van der Waals surface area contributed by atoms with Crippen LogP contribution >= 0.6 is 0 Å². The maximum Gasteiger partial charge on any atom is 0.399 e. The van der Waals surface area contributed by atoms with Crippen molar-refractivity contribution < 1.29 is 13.2 Å². The standard InChI is InChI=1S/C8H6F3N3/c9-8(10,11)7-4-2-1-3-6(7)5-13-14-12/h1-5,7H. The maximum absolute atomic E-state index is 12.4. The van der Waals surface area contributed by atoms with Gasteiger partial charge in [0.1, 0.15) is 0 Å². The first-order valence-corrected chi connectivity index (χ1v) is 3.71. The molecular formula is C8H6F3N3. The van der Waals surface area contributed by atoms with Crippen LogP contribution in [0.25, 0.3) is 10.4 Å². The van der Waals surface area contributed by atoms with Gasteiger partial charge in [0.15, 0.2) is 0 Å². The zero-order valence-corrected chi connectivity index (χ0v) is 6.94. The second-order valence-electron chi connectivity index (χ2n) is 2.60. The molecule has 0 N–H and O–H groups in total. The Labute approximate surface area is 77.8 Å². The lowest BCUT2D eigenvalue weighted by atomic mass is 9.95. The van der Waals surface area contributed by atoms with Gasteiger partial charge in [-0.3, -0.25) is 0 Å². The number of hydrogen-bond donors (Lipinski definition) is 0. The first-order valence-electron chi connectivity index (χ1n) is 3.71. The van der Waals surface area contributed by atoms with Crippen LogP contribution in [0.3, 0.4) is 0 Å². The highest BCUT2D eigenvalue weighted by molar-refractivity contribution is 5.34. The average Bonchev–Trinajstić information content (AvgIpc) is 2.14. The summed E-state index contributed by atoms with van der Waals surface area (Å²) in [4.78, 5) is 2.37. The average molecular weight is 201 g/mol. The van der Waals surface area contributed by atoms with Gasteiger partial charge in [-0.2, -0.15) is 13.2 Å². The van der Waals surface area contributed by atoms with Crippen molar-refractivity contribution in [2.24, 2.45) is 11.0 Å². The summed E-state index contributed by atoms with van der Waals surface area (Å²) in [6, 6.07) is 0.